The largest absolute Gasteiger partial charge is 0.504 e. The number of carbonyl (C=O) groups excluding carboxylic acids is 1. The molecule has 2 aromatic heterocycles. The first-order chi connectivity index (χ1) is 16.9. The third-order valence-electron chi connectivity index (χ3n) is 5.54. The van der Waals surface area contributed by atoms with Gasteiger partial charge in [0, 0.05) is 0 Å². The number of nitrogens with zero attached hydrogens (tertiary/aromatic N) is 3. The molecule has 7 nitrogen and oxygen atoms in total. The van der Waals surface area contributed by atoms with Crippen molar-refractivity contribution in [1.29, 1.82) is 0 Å². The number of nitrogens with one attached hydrogen (secondary N) is 1. The molecule has 4 aromatic rings. The molecule has 0 saturated heterocycles. The lowest BCUT2D eigenvalue weighted by molar-refractivity contribution is -0.138. The van der Waals surface area contributed by atoms with Gasteiger partial charge >= 0.3 is 6.18 Å². The number of rotatable bonds is 4. The van der Waals surface area contributed by atoms with Crippen molar-refractivity contribution in [3.05, 3.63) is 91.2 Å². The van der Waals surface area contributed by atoms with Gasteiger partial charge in [0.15, 0.2) is 10.9 Å². The number of aryl methyl sites for hydroxylation is 2. The fourth-order valence-corrected chi connectivity index (χ4v) is 4.17. The molecule has 0 unspecified atom stereocenters. The zero-order valence-electron chi connectivity index (χ0n) is 18.7. The zero-order chi connectivity index (χ0) is 26.4. The summed E-state index contributed by atoms with van der Waals surface area (Å²) >= 11 is 11.7. The molecule has 12 heteroatoms. The Balaban J connectivity index is 1.83. The third-order valence-corrected chi connectivity index (χ3v) is 6.09. The lowest BCUT2D eigenvalue weighted by Gasteiger charge is -2.17. The Bertz CT molecular complexity index is 1560. The first-order valence-corrected chi connectivity index (χ1v) is 11.2. The van der Waals surface area contributed by atoms with Crippen molar-refractivity contribution in [3.8, 4) is 5.75 Å². The molecule has 4 rings (SSSR count). The molecule has 0 spiro atoms. The number of aromatic nitrogens is 3. The average Bonchev–Trinajstić information content (AvgIpc) is 2.81. The van der Waals surface area contributed by atoms with E-state index in [1.54, 1.807) is 13.0 Å². The smallest absolute Gasteiger partial charge is 0.416 e. The van der Waals surface area contributed by atoms with E-state index in [1.165, 1.54) is 31.2 Å². The van der Waals surface area contributed by atoms with Crippen molar-refractivity contribution < 1.29 is 23.1 Å². The highest BCUT2D eigenvalue weighted by atomic mass is 35.5. The second kappa shape index (κ2) is 9.44. The van der Waals surface area contributed by atoms with Crippen molar-refractivity contribution in [3.63, 3.8) is 0 Å². The van der Waals surface area contributed by atoms with Crippen LogP contribution in [-0.2, 0) is 12.7 Å². The summed E-state index contributed by atoms with van der Waals surface area (Å²) in [6, 6.07) is 9.18. The van der Waals surface area contributed by atoms with Crippen LogP contribution in [0.25, 0.3) is 10.9 Å². The van der Waals surface area contributed by atoms with Gasteiger partial charge in [-0.1, -0.05) is 47.5 Å². The Kier molecular flexibility index (Phi) is 6.68. The van der Waals surface area contributed by atoms with Crippen molar-refractivity contribution in [2.24, 2.45) is 0 Å². The molecule has 0 atom stereocenters. The maximum Gasteiger partial charge on any atom is 0.416 e. The van der Waals surface area contributed by atoms with Crippen LogP contribution in [0.2, 0.25) is 10.2 Å². The average molecular weight is 537 g/mol. The molecule has 0 aliphatic rings. The number of amides is 1. The molecule has 0 saturated carbocycles. The normalized spacial score (nSPS) is 11.6. The fraction of sp³-hybridized carbons (Fsp3) is 0.167. The van der Waals surface area contributed by atoms with Crippen LogP contribution >= 0.6 is 23.2 Å². The summed E-state index contributed by atoms with van der Waals surface area (Å²) in [5.41, 5.74) is -0.851. The summed E-state index contributed by atoms with van der Waals surface area (Å²) in [6.07, 6.45) is -4.60. The molecule has 0 fully saturated rings. The van der Waals surface area contributed by atoms with E-state index in [2.05, 4.69) is 15.3 Å². The SMILES string of the molecule is Cc1ccc(NC(=O)c2cc(Cl)c(O)c(Cl)n2)c2c(=O)n(Cc3ccccc3C(F)(F)F)c(C)nc12. The standard InChI is InChI=1S/C24H17Cl2F3N4O3/c1-11-7-8-16(32-22(35)17-9-15(25)20(34)21(26)31-17)18-19(11)30-12(2)33(23(18)36)10-13-5-3-4-6-14(13)24(27,28)29/h3-9,34H,10H2,1-2H3,(H,32,35). The molecule has 0 bridgehead atoms. The predicted octanol–water partition coefficient (Wildman–Crippen LogP) is 5.74. The maximum absolute atomic E-state index is 13.6. The Morgan fingerprint density at radius 3 is 2.47 bits per heavy atom. The molecular weight excluding hydrogens is 520 g/mol. The van der Waals surface area contributed by atoms with Crippen molar-refractivity contribution in [1.82, 2.24) is 14.5 Å². The van der Waals surface area contributed by atoms with Crippen LogP contribution in [0.15, 0.2) is 47.3 Å². The number of hydrogen-bond acceptors (Lipinski definition) is 5. The molecule has 0 aliphatic heterocycles. The van der Waals surface area contributed by atoms with E-state index >= 15 is 0 Å². The highest BCUT2D eigenvalue weighted by Gasteiger charge is 2.33. The van der Waals surface area contributed by atoms with Gasteiger partial charge in [0.25, 0.3) is 11.5 Å². The number of aromatic hydroxyl groups is 1. The number of alkyl halides is 3. The van der Waals surface area contributed by atoms with Gasteiger partial charge < -0.3 is 10.4 Å². The summed E-state index contributed by atoms with van der Waals surface area (Å²) < 4.78 is 41.7. The van der Waals surface area contributed by atoms with Gasteiger partial charge in [-0.05, 0) is 43.2 Å². The Labute approximate surface area is 212 Å². The number of benzene rings is 2. The Morgan fingerprint density at radius 2 is 1.81 bits per heavy atom. The van der Waals surface area contributed by atoms with Gasteiger partial charge in [-0.2, -0.15) is 13.2 Å². The summed E-state index contributed by atoms with van der Waals surface area (Å²) in [5, 5.41) is 11.7. The minimum Gasteiger partial charge on any atom is -0.504 e. The molecule has 0 radical (unpaired) electrons. The summed E-state index contributed by atoms with van der Waals surface area (Å²) in [5.74, 6) is -1.06. The quantitative estimate of drug-likeness (QED) is 0.324. The molecule has 2 heterocycles. The number of hydrogen-bond donors (Lipinski definition) is 2. The van der Waals surface area contributed by atoms with E-state index < -0.39 is 29.0 Å². The van der Waals surface area contributed by atoms with Crippen LogP contribution in [-0.4, -0.2) is 25.5 Å². The van der Waals surface area contributed by atoms with Gasteiger partial charge in [-0.3, -0.25) is 14.2 Å². The van der Waals surface area contributed by atoms with E-state index in [0.717, 1.165) is 16.7 Å². The molecule has 0 aliphatic carbocycles. The van der Waals surface area contributed by atoms with Crippen molar-refractivity contribution in [2.45, 2.75) is 26.6 Å². The minimum absolute atomic E-state index is 0.00871. The molecule has 1 amide bonds. The highest BCUT2D eigenvalue weighted by Crippen LogP contribution is 2.33. The zero-order valence-corrected chi connectivity index (χ0v) is 20.3. The second-order valence-electron chi connectivity index (χ2n) is 7.94. The highest BCUT2D eigenvalue weighted by molar-refractivity contribution is 6.36. The monoisotopic (exact) mass is 536 g/mol. The van der Waals surface area contributed by atoms with E-state index in [4.69, 9.17) is 23.2 Å². The van der Waals surface area contributed by atoms with E-state index in [-0.39, 0.29) is 50.4 Å². The number of pyridine rings is 1. The van der Waals surface area contributed by atoms with Crippen LogP contribution in [0.3, 0.4) is 0 Å². The lowest BCUT2D eigenvalue weighted by Crippen LogP contribution is -2.27. The Morgan fingerprint density at radius 1 is 1.11 bits per heavy atom. The third kappa shape index (κ3) is 4.74. The van der Waals surface area contributed by atoms with Crippen LogP contribution in [0, 0.1) is 13.8 Å². The van der Waals surface area contributed by atoms with Gasteiger partial charge in [0.1, 0.15) is 11.5 Å². The maximum atomic E-state index is 13.6. The van der Waals surface area contributed by atoms with E-state index in [9.17, 15) is 27.9 Å². The van der Waals surface area contributed by atoms with Gasteiger partial charge in [-0.25, -0.2) is 9.97 Å². The lowest BCUT2D eigenvalue weighted by atomic mass is 10.1. The first-order valence-electron chi connectivity index (χ1n) is 10.4. The van der Waals surface area contributed by atoms with Crippen molar-refractivity contribution >= 4 is 45.7 Å². The van der Waals surface area contributed by atoms with Crippen LogP contribution in [0.4, 0.5) is 18.9 Å². The number of halogens is 5. The van der Waals surface area contributed by atoms with Crippen molar-refractivity contribution in [2.75, 3.05) is 5.32 Å². The number of carbonyl (C=O) groups is 1. The Hall–Kier alpha value is -3.63. The fourth-order valence-electron chi connectivity index (χ4n) is 3.74. The molecule has 2 aromatic carbocycles. The van der Waals surface area contributed by atoms with Crippen LogP contribution < -0.4 is 10.9 Å². The van der Waals surface area contributed by atoms with Gasteiger partial charge in [-0.15, -0.1) is 0 Å². The molecular formula is C24H17Cl2F3N4O3. The topological polar surface area (TPSA) is 97.1 Å². The molecule has 2 N–H and O–H groups in total. The molecule has 186 valence electrons. The number of fused-ring (bicyclic) bond motifs is 1. The second-order valence-corrected chi connectivity index (χ2v) is 8.71. The van der Waals surface area contributed by atoms with E-state index in [0.29, 0.717) is 5.56 Å². The first kappa shape index (κ1) is 25.5. The summed E-state index contributed by atoms with van der Waals surface area (Å²) in [6.45, 7) is 2.85. The van der Waals surface area contributed by atoms with Crippen LogP contribution in [0.5, 0.6) is 5.75 Å². The minimum atomic E-state index is -4.60. The van der Waals surface area contributed by atoms with E-state index in [1.807, 2.05) is 0 Å². The summed E-state index contributed by atoms with van der Waals surface area (Å²) in [4.78, 5) is 34.6. The van der Waals surface area contributed by atoms with Gasteiger partial charge in [0.2, 0.25) is 0 Å². The summed E-state index contributed by atoms with van der Waals surface area (Å²) in [7, 11) is 0. The molecule has 36 heavy (non-hydrogen) atoms. The van der Waals surface area contributed by atoms with Crippen LogP contribution in [0.1, 0.15) is 33.0 Å². The van der Waals surface area contributed by atoms with Gasteiger partial charge in [0.05, 0.1) is 33.7 Å². The number of anilines is 1. The predicted molar refractivity (Wildman–Crippen MR) is 130 cm³/mol.